The Balaban J connectivity index is 1.49. The molecule has 2 fully saturated rings. The van der Waals surface area contributed by atoms with Crippen molar-refractivity contribution in [1.82, 2.24) is 31.1 Å². The molecule has 2 heterocycles. The van der Waals surface area contributed by atoms with Gasteiger partial charge >= 0.3 is 388 Å². The number of carbonyl (C=O) groups is 8. The summed E-state index contributed by atoms with van der Waals surface area (Å²) in [5.74, 6) is -3.33. The Hall–Kier alpha value is -5.16. The summed E-state index contributed by atoms with van der Waals surface area (Å²) in [5, 5.41) is 11.3. The van der Waals surface area contributed by atoms with E-state index in [1.54, 1.807) is 41.5 Å². The van der Waals surface area contributed by atoms with Gasteiger partial charge < -0.3 is 0 Å². The molecule has 2 aliphatic heterocycles. The third-order valence-electron chi connectivity index (χ3n) is 10.4. The summed E-state index contributed by atoms with van der Waals surface area (Å²) >= 11 is -0.765. The molecule has 0 bridgehead atoms. The van der Waals surface area contributed by atoms with Crippen LogP contribution >= 0.6 is 0 Å². The van der Waals surface area contributed by atoms with Crippen molar-refractivity contribution in [3.8, 4) is 0 Å². The normalized spacial score (nSPS) is 17.9. The monoisotopic (exact) mass is 1050 g/mol. The quantitative estimate of drug-likeness (QED) is 0.0690. The molecule has 0 aliphatic carbocycles. The van der Waals surface area contributed by atoms with Crippen LogP contribution in [0.2, 0.25) is 10.6 Å². The Bertz CT molecular complexity index is 1860. The van der Waals surface area contributed by atoms with Crippen LogP contribution in [0.15, 0.2) is 60.7 Å². The maximum atomic E-state index is 14.4. The van der Waals surface area contributed by atoms with Gasteiger partial charge in [0.25, 0.3) is 0 Å². The average molecular weight is 1050 g/mol. The molecular formula is C46H64N6O12Se2. The summed E-state index contributed by atoms with van der Waals surface area (Å²) in [7, 11) is 2.47. The number of methoxy groups -OCH3 is 2. The zero-order chi connectivity index (χ0) is 48.6. The van der Waals surface area contributed by atoms with Gasteiger partial charge in [-0.3, -0.25) is 0 Å². The molecule has 362 valence electrons. The van der Waals surface area contributed by atoms with Gasteiger partial charge in [-0.05, 0) is 0 Å². The molecule has 4 N–H and O–H groups in total. The second-order valence-electron chi connectivity index (χ2n) is 17.9. The van der Waals surface area contributed by atoms with Crippen LogP contribution in [0.1, 0.15) is 78.4 Å². The molecule has 4 rings (SSSR count). The van der Waals surface area contributed by atoms with Crippen LogP contribution in [0.25, 0.3) is 0 Å². The molecule has 66 heavy (non-hydrogen) atoms. The summed E-state index contributed by atoms with van der Waals surface area (Å²) in [6.45, 7) is 10.6. The fourth-order valence-electron chi connectivity index (χ4n) is 7.39. The summed E-state index contributed by atoms with van der Waals surface area (Å²) in [5.41, 5.74) is -0.148. The second-order valence-corrected chi connectivity index (χ2v) is 25.4. The number of esters is 2. The van der Waals surface area contributed by atoms with Crippen LogP contribution in [-0.4, -0.2) is 159 Å². The first-order valence-corrected chi connectivity index (χ1v) is 28.6. The van der Waals surface area contributed by atoms with Gasteiger partial charge in [-0.25, -0.2) is 0 Å². The van der Waals surface area contributed by atoms with Crippen LogP contribution < -0.4 is 21.3 Å². The minimum atomic E-state index is -1.10. The van der Waals surface area contributed by atoms with Crippen LogP contribution in [0.4, 0.5) is 9.59 Å². The van der Waals surface area contributed by atoms with Gasteiger partial charge in [0.1, 0.15) is 0 Å². The van der Waals surface area contributed by atoms with Gasteiger partial charge in [-0.15, -0.1) is 0 Å². The van der Waals surface area contributed by atoms with E-state index < -0.39 is 95.2 Å². The molecule has 18 nitrogen and oxygen atoms in total. The zero-order valence-electron chi connectivity index (χ0n) is 38.9. The Morgan fingerprint density at radius 1 is 0.561 bits per heavy atom. The Labute approximate surface area is 397 Å². The van der Waals surface area contributed by atoms with Gasteiger partial charge in [0.2, 0.25) is 0 Å². The fraction of sp³-hybridized carbons (Fsp3) is 0.565. The van der Waals surface area contributed by atoms with Crippen LogP contribution in [0.5, 0.6) is 0 Å². The van der Waals surface area contributed by atoms with E-state index in [0.29, 0.717) is 25.7 Å². The number of nitrogens with one attached hydrogen (secondary N) is 4. The first-order chi connectivity index (χ1) is 31.2. The standard InChI is InChI=1S/C46H64N6O12Se2/c1-45(2,3)63-43(59)49-33(39(55)51-23-15-21-35(51)37(53)47-31(41(57)61-7)25-29-17-11-9-12-18-29)27-65-66-28-34(50-44(60)64-46(4,5)6)40(56)52-24-16-22-36(52)38(54)48-32(42(58)62-8)26-30-19-13-10-14-20-30/h9-14,17-20,31-36H,15-16,21-28H2,1-8H3,(H,47,53)(H,48,54)(H,49,59)(H,50,60)/t31-,32-,33-,34-,35-,36-/m0/s1. The van der Waals surface area contributed by atoms with Crippen molar-refractivity contribution in [2.24, 2.45) is 0 Å². The van der Waals surface area contributed by atoms with Crippen LogP contribution in [0.3, 0.4) is 0 Å². The van der Waals surface area contributed by atoms with Crippen molar-refractivity contribution in [2.75, 3.05) is 27.3 Å². The number of alkyl carbamates (subject to hydrolysis) is 2. The van der Waals surface area contributed by atoms with E-state index in [1.165, 1.54) is 24.0 Å². The number of amides is 6. The number of likely N-dealkylation sites (tertiary alicyclic amines) is 2. The number of hydrogen-bond donors (Lipinski definition) is 4. The number of rotatable bonds is 19. The second kappa shape index (κ2) is 25.1. The van der Waals surface area contributed by atoms with Crippen molar-refractivity contribution in [1.29, 1.82) is 0 Å². The Morgan fingerprint density at radius 3 is 1.23 bits per heavy atom. The van der Waals surface area contributed by atoms with E-state index in [0.717, 1.165) is 11.1 Å². The van der Waals surface area contributed by atoms with Crippen LogP contribution in [-0.2, 0) is 60.6 Å². The molecule has 20 heteroatoms. The number of benzene rings is 2. The molecule has 2 aromatic rings. The summed E-state index contributed by atoms with van der Waals surface area (Å²) in [4.78, 5) is 111. The van der Waals surface area contributed by atoms with Gasteiger partial charge in [-0.2, -0.15) is 0 Å². The molecule has 6 amide bonds. The maximum absolute atomic E-state index is 14.4. The molecule has 0 saturated carbocycles. The van der Waals surface area contributed by atoms with Gasteiger partial charge in [0.15, 0.2) is 0 Å². The van der Waals surface area contributed by atoms with Gasteiger partial charge in [0.05, 0.1) is 0 Å². The summed E-state index contributed by atoms with van der Waals surface area (Å²) < 4.78 is 21.0. The molecule has 0 aromatic heterocycles. The molecular weight excluding hydrogens is 986 g/mol. The average Bonchev–Trinajstić information content (AvgIpc) is 3.96. The summed E-state index contributed by atoms with van der Waals surface area (Å²) in [6.07, 6.45) is 0.375. The van der Waals surface area contributed by atoms with E-state index in [9.17, 15) is 38.4 Å². The van der Waals surface area contributed by atoms with Crippen molar-refractivity contribution in [3.05, 3.63) is 71.8 Å². The molecule has 2 aliphatic rings. The third kappa shape index (κ3) is 16.9. The third-order valence-corrected chi connectivity index (χ3v) is 17.5. The molecule has 0 unspecified atom stereocenters. The molecule has 0 spiro atoms. The number of carbonyl (C=O) groups excluding carboxylic acids is 8. The fourth-order valence-corrected chi connectivity index (χ4v) is 14.4. The predicted molar refractivity (Wildman–Crippen MR) is 245 cm³/mol. The first kappa shape index (κ1) is 53.5. The van der Waals surface area contributed by atoms with E-state index in [-0.39, 0.29) is 62.8 Å². The Kier molecular flexibility index (Phi) is 20.3. The van der Waals surface area contributed by atoms with E-state index in [1.807, 2.05) is 60.7 Å². The van der Waals surface area contributed by atoms with Gasteiger partial charge in [-0.1, -0.05) is 12.1 Å². The SMILES string of the molecule is COC(=O)[C@H](Cc1ccccc1)NC(=O)[C@@H]1CCCN1C(=O)[C@H](C[Se][Se]C[C@H](NC(=O)OC(C)(C)C)C(=O)N1CCC[C@H]1C(=O)N[C@@H](Cc1ccccc1)C(=O)OC)NC(=O)OC(C)(C)C. The number of hydrogen-bond acceptors (Lipinski definition) is 12. The van der Waals surface area contributed by atoms with Crippen molar-refractivity contribution < 1.29 is 57.3 Å². The topological polar surface area (TPSA) is 228 Å². The number of nitrogens with zero attached hydrogens (tertiary/aromatic N) is 2. The Morgan fingerprint density at radius 2 is 0.909 bits per heavy atom. The number of ether oxygens (including phenoxy) is 4. The van der Waals surface area contributed by atoms with Crippen LogP contribution in [0, 0.1) is 0 Å². The molecule has 6 atom stereocenters. The summed E-state index contributed by atoms with van der Waals surface area (Å²) in [6, 6.07) is 12.2. The molecule has 0 radical (unpaired) electrons. The van der Waals surface area contributed by atoms with E-state index >= 15 is 0 Å². The first-order valence-electron chi connectivity index (χ1n) is 21.9. The van der Waals surface area contributed by atoms with Crippen molar-refractivity contribution in [2.45, 2.75) is 138 Å². The van der Waals surface area contributed by atoms with E-state index in [4.69, 9.17) is 18.9 Å². The molecule has 2 aromatic carbocycles. The predicted octanol–water partition coefficient (Wildman–Crippen LogP) is 2.72. The van der Waals surface area contributed by atoms with Crippen molar-refractivity contribution in [3.63, 3.8) is 0 Å². The van der Waals surface area contributed by atoms with E-state index in [2.05, 4.69) is 21.3 Å². The van der Waals surface area contributed by atoms with Crippen molar-refractivity contribution >= 4 is 74.0 Å². The van der Waals surface area contributed by atoms with Gasteiger partial charge in [0, 0.05) is 0 Å². The molecule has 2 saturated heterocycles. The zero-order valence-corrected chi connectivity index (χ0v) is 42.3. The minimum absolute atomic E-state index is 0.160.